The molecular formula is C16H12BrClF3N3O3. The first kappa shape index (κ1) is 21.0. The fraction of sp³-hybridized carbons (Fsp3) is 0.188. The molecule has 0 aliphatic carbocycles. The average Bonchev–Trinajstić information content (AvgIpc) is 2.60. The van der Waals surface area contributed by atoms with Crippen molar-refractivity contribution in [1.29, 1.82) is 0 Å². The number of ether oxygens (including phenoxy) is 2. The fourth-order valence-corrected chi connectivity index (χ4v) is 2.77. The highest BCUT2D eigenvalue weighted by Gasteiger charge is 2.30. The van der Waals surface area contributed by atoms with Gasteiger partial charge in [-0.2, -0.15) is 18.3 Å². The van der Waals surface area contributed by atoms with Crippen molar-refractivity contribution < 1.29 is 27.4 Å². The maximum Gasteiger partial charge on any atom is 0.417 e. The van der Waals surface area contributed by atoms with Gasteiger partial charge in [0.05, 0.1) is 28.4 Å². The second-order valence-electron chi connectivity index (χ2n) is 4.98. The summed E-state index contributed by atoms with van der Waals surface area (Å²) in [5.74, 6) is -0.157. The van der Waals surface area contributed by atoms with Crippen molar-refractivity contribution in [2.24, 2.45) is 5.10 Å². The van der Waals surface area contributed by atoms with Gasteiger partial charge in [-0.3, -0.25) is 5.43 Å². The summed E-state index contributed by atoms with van der Waals surface area (Å²) >= 11 is 9.38. The van der Waals surface area contributed by atoms with Crippen LogP contribution in [0.3, 0.4) is 0 Å². The van der Waals surface area contributed by atoms with Gasteiger partial charge in [0.1, 0.15) is 5.82 Å². The van der Waals surface area contributed by atoms with E-state index in [9.17, 15) is 18.0 Å². The summed E-state index contributed by atoms with van der Waals surface area (Å²) in [6.45, 7) is -0.302. The molecule has 0 saturated heterocycles. The molecule has 0 aliphatic heterocycles. The summed E-state index contributed by atoms with van der Waals surface area (Å²) in [5.41, 5.74) is 2.23. The van der Waals surface area contributed by atoms with Crippen molar-refractivity contribution in [3.05, 3.63) is 51.1 Å². The van der Waals surface area contributed by atoms with E-state index in [-0.39, 0.29) is 23.2 Å². The molecule has 2 rings (SSSR count). The van der Waals surface area contributed by atoms with E-state index in [4.69, 9.17) is 16.3 Å². The zero-order chi connectivity index (χ0) is 20.0. The summed E-state index contributed by atoms with van der Waals surface area (Å²) in [6.07, 6.45) is -2.35. The normalized spacial score (nSPS) is 11.5. The number of methoxy groups -OCH3 is 1. The number of carbonyl (C=O) groups is 1. The zero-order valence-electron chi connectivity index (χ0n) is 13.7. The number of carbonyl (C=O) groups excluding carboxylic acids is 1. The van der Waals surface area contributed by atoms with Gasteiger partial charge in [0.25, 0.3) is 0 Å². The lowest BCUT2D eigenvalue weighted by Gasteiger charge is -2.10. The number of nitrogens with one attached hydrogen (secondary N) is 1. The minimum atomic E-state index is -4.45. The van der Waals surface area contributed by atoms with Gasteiger partial charge in [-0.25, -0.2) is 9.78 Å². The first-order valence-electron chi connectivity index (χ1n) is 7.21. The van der Waals surface area contributed by atoms with Crippen LogP contribution in [0.2, 0.25) is 5.02 Å². The maximum absolute atomic E-state index is 12.5. The van der Waals surface area contributed by atoms with Crippen LogP contribution in [-0.2, 0) is 15.7 Å². The van der Waals surface area contributed by atoms with Crippen LogP contribution in [0.1, 0.15) is 11.1 Å². The summed E-state index contributed by atoms with van der Waals surface area (Å²) in [4.78, 5) is 14.8. The van der Waals surface area contributed by atoms with E-state index < -0.39 is 17.7 Å². The molecule has 0 fully saturated rings. The van der Waals surface area contributed by atoms with Crippen LogP contribution in [0.5, 0.6) is 5.75 Å². The topological polar surface area (TPSA) is 72.8 Å². The average molecular weight is 467 g/mol. The Bertz CT molecular complexity index is 822. The molecule has 0 saturated carbocycles. The lowest BCUT2D eigenvalue weighted by Crippen LogP contribution is -2.13. The van der Waals surface area contributed by atoms with E-state index >= 15 is 0 Å². The van der Waals surface area contributed by atoms with E-state index in [0.29, 0.717) is 16.2 Å². The Morgan fingerprint density at radius 1 is 1.41 bits per heavy atom. The summed E-state index contributed by atoms with van der Waals surface area (Å²) in [6, 6.07) is 5.21. The highest BCUT2D eigenvalue weighted by Crippen LogP contribution is 2.34. The van der Waals surface area contributed by atoms with E-state index in [1.165, 1.54) is 19.4 Å². The van der Waals surface area contributed by atoms with Crippen molar-refractivity contribution in [1.82, 2.24) is 4.98 Å². The highest BCUT2D eigenvalue weighted by molar-refractivity contribution is 9.10. The number of nitrogens with zero attached hydrogens (tertiary/aromatic N) is 2. The molecule has 0 spiro atoms. The van der Waals surface area contributed by atoms with Crippen molar-refractivity contribution in [3.8, 4) is 5.75 Å². The van der Waals surface area contributed by atoms with Gasteiger partial charge in [-0.05, 0) is 45.8 Å². The molecule has 0 unspecified atom stereocenters. The van der Waals surface area contributed by atoms with Gasteiger partial charge in [0, 0.05) is 6.20 Å². The Kier molecular flexibility index (Phi) is 7.03. The fourth-order valence-electron chi connectivity index (χ4n) is 1.78. The van der Waals surface area contributed by atoms with Gasteiger partial charge < -0.3 is 9.47 Å². The number of aromatic nitrogens is 1. The molecule has 144 valence electrons. The van der Waals surface area contributed by atoms with Gasteiger partial charge in [-0.15, -0.1) is 0 Å². The van der Waals surface area contributed by atoms with Crippen LogP contribution in [-0.4, -0.2) is 30.9 Å². The van der Waals surface area contributed by atoms with Gasteiger partial charge in [0.2, 0.25) is 0 Å². The quantitative estimate of drug-likeness (QED) is 0.385. The van der Waals surface area contributed by atoms with Crippen molar-refractivity contribution in [3.63, 3.8) is 0 Å². The summed E-state index contributed by atoms with van der Waals surface area (Å²) < 4.78 is 47.7. The molecule has 2 aromatic rings. The molecule has 0 radical (unpaired) electrons. The number of hydrogen-bond acceptors (Lipinski definition) is 6. The van der Waals surface area contributed by atoms with E-state index in [1.54, 1.807) is 6.07 Å². The molecule has 0 amide bonds. The minimum Gasteiger partial charge on any atom is -0.479 e. The number of anilines is 1. The van der Waals surface area contributed by atoms with Crippen molar-refractivity contribution >= 4 is 45.5 Å². The SMILES string of the molecule is COC(=O)COc1c(Cl)cc(/C=N\Nc2ccc(C(F)(F)F)cn2)cc1Br. The predicted molar refractivity (Wildman–Crippen MR) is 97.1 cm³/mol. The van der Waals surface area contributed by atoms with Crippen LogP contribution in [0.25, 0.3) is 0 Å². The third-order valence-electron chi connectivity index (χ3n) is 3.07. The van der Waals surface area contributed by atoms with Crippen molar-refractivity contribution in [2.45, 2.75) is 6.18 Å². The largest absolute Gasteiger partial charge is 0.479 e. The molecule has 1 aromatic heterocycles. The van der Waals surface area contributed by atoms with Gasteiger partial charge >= 0.3 is 12.1 Å². The molecule has 6 nitrogen and oxygen atoms in total. The first-order chi connectivity index (χ1) is 12.7. The number of benzene rings is 1. The number of halogens is 5. The van der Waals surface area contributed by atoms with Crippen molar-refractivity contribution in [2.75, 3.05) is 19.1 Å². The molecule has 27 heavy (non-hydrogen) atoms. The van der Waals surface area contributed by atoms with Crippen LogP contribution in [0, 0.1) is 0 Å². The monoisotopic (exact) mass is 465 g/mol. The zero-order valence-corrected chi connectivity index (χ0v) is 16.0. The second kappa shape index (κ2) is 9.05. The van der Waals surface area contributed by atoms with Gasteiger partial charge in [0.15, 0.2) is 12.4 Å². The molecule has 11 heteroatoms. The second-order valence-corrected chi connectivity index (χ2v) is 6.24. The molecular weight excluding hydrogens is 455 g/mol. The molecule has 1 heterocycles. The lowest BCUT2D eigenvalue weighted by molar-refractivity contribution is -0.143. The lowest BCUT2D eigenvalue weighted by atomic mass is 10.2. The van der Waals surface area contributed by atoms with Crippen LogP contribution in [0.4, 0.5) is 19.0 Å². The third kappa shape index (κ3) is 6.10. The number of rotatable bonds is 6. The van der Waals surface area contributed by atoms with Gasteiger partial charge in [-0.1, -0.05) is 11.6 Å². The Balaban J connectivity index is 2.03. The Hall–Kier alpha value is -2.33. The minimum absolute atomic E-state index is 0.141. The molecule has 0 aliphatic rings. The van der Waals surface area contributed by atoms with Crippen LogP contribution >= 0.6 is 27.5 Å². The predicted octanol–water partition coefficient (Wildman–Crippen LogP) is 4.51. The summed E-state index contributed by atoms with van der Waals surface area (Å²) in [7, 11) is 1.24. The molecule has 0 bridgehead atoms. The Labute approximate surface area is 165 Å². The van der Waals surface area contributed by atoms with E-state index in [0.717, 1.165) is 12.1 Å². The Morgan fingerprint density at radius 2 is 2.15 bits per heavy atom. The van der Waals surface area contributed by atoms with E-state index in [1.807, 2.05) is 0 Å². The number of esters is 1. The number of pyridine rings is 1. The number of hydrogen-bond donors (Lipinski definition) is 1. The standard InChI is InChI=1S/C16H12BrClF3N3O3/c1-26-14(25)8-27-15-11(17)4-9(5-12(15)18)6-23-24-13-3-2-10(7-22-13)16(19,20)21/h2-7H,8H2,1H3,(H,22,24)/b23-6-. The number of hydrazone groups is 1. The molecule has 0 atom stereocenters. The first-order valence-corrected chi connectivity index (χ1v) is 8.39. The summed E-state index contributed by atoms with van der Waals surface area (Å²) in [5, 5.41) is 4.11. The number of alkyl halides is 3. The smallest absolute Gasteiger partial charge is 0.417 e. The van der Waals surface area contributed by atoms with Crippen LogP contribution < -0.4 is 10.2 Å². The Morgan fingerprint density at radius 3 is 2.70 bits per heavy atom. The third-order valence-corrected chi connectivity index (χ3v) is 3.94. The molecule has 1 N–H and O–H groups in total. The maximum atomic E-state index is 12.5. The molecule has 1 aromatic carbocycles. The highest BCUT2D eigenvalue weighted by atomic mass is 79.9. The van der Waals surface area contributed by atoms with E-state index in [2.05, 4.69) is 36.2 Å². The van der Waals surface area contributed by atoms with Crippen LogP contribution in [0.15, 0.2) is 40.0 Å².